The standard InChI is InChI=1S/C16H23F2N3O3/c1-12-7-13(19-24-12)8-20-10-15(9-16(17,18)11-20)3-4-21(14(15)22)5-6-23-2/h7H,3-6,8-11H2,1-2H3. The van der Waals surface area contributed by atoms with E-state index in [1.54, 1.807) is 29.9 Å². The Morgan fingerprint density at radius 3 is 2.88 bits per heavy atom. The van der Waals surface area contributed by atoms with Gasteiger partial charge in [0.05, 0.1) is 24.3 Å². The van der Waals surface area contributed by atoms with Crippen LogP contribution in [0, 0.1) is 12.3 Å². The van der Waals surface area contributed by atoms with Gasteiger partial charge in [-0.2, -0.15) is 0 Å². The largest absolute Gasteiger partial charge is 0.383 e. The fraction of sp³-hybridized carbons (Fsp3) is 0.750. The SMILES string of the molecule is COCCN1CCC2(CN(Cc3cc(C)on3)CC(F)(F)C2)C1=O. The van der Waals surface area contributed by atoms with Gasteiger partial charge in [0, 0.05) is 45.8 Å². The molecule has 24 heavy (non-hydrogen) atoms. The summed E-state index contributed by atoms with van der Waals surface area (Å²) in [6, 6.07) is 1.74. The van der Waals surface area contributed by atoms with Crippen molar-refractivity contribution in [2.75, 3.05) is 39.9 Å². The normalized spacial score (nSPS) is 27.3. The molecule has 0 N–H and O–H groups in total. The summed E-state index contributed by atoms with van der Waals surface area (Å²) in [6.45, 7) is 3.38. The molecule has 3 heterocycles. The highest BCUT2D eigenvalue weighted by molar-refractivity contribution is 5.85. The van der Waals surface area contributed by atoms with Crippen LogP contribution in [0.15, 0.2) is 10.6 Å². The van der Waals surface area contributed by atoms with Crippen LogP contribution in [0.1, 0.15) is 24.3 Å². The van der Waals surface area contributed by atoms with Crippen molar-refractivity contribution >= 4 is 5.91 Å². The van der Waals surface area contributed by atoms with Crippen molar-refractivity contribution in [3.63, 3.8) is 0 Å². The van der Waals surface area contributed by atoms with Gasteiger partial charge >= 0.3 is 0 Å². The van der Waals surface area contributed by atoms with E-state index >= 15 is 0 Å². The zero-order valence-corrected chi connectivity index (χ0v) is 14.1. The number of hydrogen-bond donors (Lipinski definition) is 0. The summed E-state index contributed by atoms with van der Waals surface area (Å²) >= 11 is 0. The fourth-order valence-corrected chi connectivity index (χ4v) is 3.87. The average molecular weight is 343 g/mol. The fourth-order valence-electron chi connectivity index (χ4n) is 3.87. The van der Waals surface area contributed by atoms with Crippen molar-refractivity contribution in [1.82, 2.24) is 15.0 Å². The van der Waals surface area contributed by atoms with Crippen LogP contribution < -0.4 is 0 Å². The zero-order valence-electron chi connectivity index (χ0n) is 14.1. The van der Waals surface area contributed by atoms with Crippen molar-refractivity contribution in [2.45, 2.75) is 32.2 Å². The van der Waals surface area contributed by atoms with Crippen LogP contribution in [0.2, 0.25) is 0 Å². The number of methoxy groups -OCH3 is 1. The number of halogens is 2. The number of aromatic nitrogens is 1. The molecular formula is C16H23F2N3O3. The highest BCUT2D eigenvalue weighted by atomic mass is 19.3. The third kappa shape index (κ3) is 3.44. The maximum atomic E-state index is 14.3. The highest BCUT2D eigenvalue weighted by Crippen LogP contribution is 2.45. The van der Waals surface area contributed by atoms with Gasteiger partial charge in [-0.25, -0.2) is 8.78 Å². The number of nitrogens with zero attached hydrogens (tertiary/aromatic N) is 3. The number of piperidine rings is 1. The minimum atomic E-state index is -2.88. The topological polar surface area (TPSA) is 58.8 Å². The Bertz CT molecular complexity index is 607. The van der Waals surface area contributed by atoms with E-state index in [2.05, 4.69) is 5.16 Å². The molecule has 8 heteroatoms. The van der Waals surface area contributed by atoms with Crippen LogP contribution in [-0.2, 0) is 16.1 Å². The predicted octanol–water partition coefficient (Wildman–Crippen LogP) is 1.69. The molecule has 1 aromatic rings. The Labute approximate surface area is 139 Å². The van der Waals surface area contributed by atoms with Crippen LogP contribution in [0.4, 0.5) is 8.78 Å². The first-order chi connectivity index (χ1) is 11.3. The summed E-state index contributed by atoms with van der Waals surface area (Å²) in [5, 5.41) is 3.87. The highest BCUT2D eigenvalue weighted by Gasteiger charge is 2.56. The van der Waals surface area contributed by atoms with Crippen molar-refractivity contribution < 1.29 is 22.8 Å². The first kappa shape index (κ1) is 17.3. The monoisotopic (exact) mass is 343 g/mol. The Kier molecular flexibility index (Phi) is 4.61. The first-order valence-corrected chi connectivity index (χ1v) is 8.14. The predicted molar refractivity (Wildman–Crippen MR) is 81.6 cm³/mol. The molecule has 1 amide bonds. The maximum absolute atomic E-state index is 14.3. The summed E-state index contributed by atoms with van der Waals surface area (Å²) in [6.07, 6.45) is 0.0795. The van der Waals surface area contributed by atoms with Crippen LogP contribution in [-0.4, -0.2) is 66.7 Å². The Morgan fingerprint density at radius 2 is 2.21 bits per heavy atom. The average Bonchev–Trinajstić information content (AvgIpc) is 3.01. The van der Waals surface area contributed by atoms with Crippen LogP contribution in [0.5, 0.6) is 0 Å². The Morgan fingerprint density at radius 1 is 1.42 bits per heavy atom. The summed E-state index contributed by atoms with van der Waals surface area (Å²) < 4.78 is 38.7. The van der Waals surface area contributed by atoms with E-state index in [0.717, 1.165) is 0 Å². The summed E-state index contributed by atoms with van der Waals surface area (Å²) in [4.78, 5) is 16.0. The number of carbonyl (C=O) groups excluding carboxylic acids is 1. The van der Waals surface area contributed by atoms with Crippen molar-refractivity contribution in [2.24, 2.45) is 5.41 Å². The number of likely N-dealkylation sites (tertiary alicyclic amines) is 2. The van der Waals surface area contributed by atoms with Gasteiger partial charge in [0.2, 0.25) is 5.91 Å². The summed E-state index contributed by atoms with van der Waals surface area (Å²) in [7, 11) is 1.56. The number of ether oxygens (including phenoxy) is 1. The van der Waals surface area contributed by atoms with Gasteiger partial charge in [-0.1, -0.05) is 5.16 Å². The van der Waals surface area contributed by atoms with E-state index in [4.69, 9.17) is 9.26 Å². The zero-order chi connectivity index (χ0) is 17.4. The number of aryl methyl sites for hydroxylation is 1. The Balaban J connectivity index is 1.74. The lowest BCUT2D eigenvalue weighted by atomic mass is 9.77. The molecule has 0 bridgehead atoms. The van der Waals surface area contributed by atoms with Gasteiger partial charge < -0.3 is 14.2 Å². The number of amides is 1. The molecule has 1 spiro atoms. The molecule has 2 aliphatic heterocycles. The lowest BCUT2D eigenvalue weighted by Crippen LogP contribution is -2.55. The number of hydrogen-bond acceptors (Lipinski definition) is 5. The molecule has 0 aromatic carbocycles. The molecule has 1 aromatic heterocycles. The smallest absolute Gasteiger partial charge is 0.261 e. The van der Waals surface area contributed by atoms with E-state index in [1.807, 2.05) is 0 Å². The van der Waals surface area contributed by atoms with Gasteiger partial charge in [0.1, 0.15) is 5.76 Å². The van der Waals surface area contributed by atoms with Crippen LogP contribution >= 0.6 is 0 Å². The van der Waals surface area contributed by atoms with Crippen molar-refractivity contribution in [3.8, 4) is 0 Å². The first-order valence-electron chi connectivity index (χ1n) is 8.14. The van der Waals surface area contributed by atoms with Gasteiger partial charge in [-0.3, -0.25) is 9.69 Å². The summed E-state index contributed by atoms with van der Waals surface area (Å²) in [5.74, 6) is -2.42. The van der Waals surface area contributed by atoms with Crippen molar-refractivity contribution in [3.05, 3.63) is 17.5 Å². The number of rotatable bonds is 5. The van der Waals surface area contributed by atoms with E-state index in [-0.39, 0.29) is 25.4 Å². The van der Waals surface area contributed by atoms with Gasteiger partial charge in [-0.15, -0.1) is 0 Å². The second-order valence-electron chi connectivity index (χ2n) is 6.92. The number of carbonyl (C=O) groups is 1. The van der Waals surface area contributed by atoms with E-state index < -0.39 is 11.3 Å². The van der Waals surface area contributed by atoms with Gasteiger partial charge in [0.25, 0.3) is 5.92 Å². The third-order valence-corrected chi connectivity index (χ3v) is 4.81. The second kappa shape index (κ2) is 6.40. The third-order valence-electron chi connectivity index (χ3n) is 4.81. The van der Waals surface area contributed by atoms with E-state index in [0.29, 0.717) is 44.1 Å². The molecule has 0 radical (unpaired) electrons. The molecule has 2 fully saturated rings. The maximum Gasteiger partial charge on any atom is 0.261 e. The molecule has 134 valence electrons. The molecule has 6 nitrogen and oxygen atoms in total. The molecule has 0 saturated carbocycles. The van der Waals surface area contributed by atoms with E-state index in [9.17, 15) is 13.6 Å². The molecule has 3 rings (SSSR count). The molecule has 0 aliphatic carbocycles. The summed E-state index contributed by atoms with van der Waals surface area (Å²) in [5.41, 5.74) is -0.393. The van der Waals surface area contributed by atoms with E-state index in [1.165, 1.54) is 0 Å². The number of alkyl halides is 2. The Hall–Kier alpha value is -1.54. The van der Waals surface area contributed by atoms with Crippen LogP contribution in [0.3, 0.4) is 0 Å². The molecule has 2 saturated heterocycles. The van der Waals surface area contributed by atoms with Gasteiger partial charge in [-0.05, 0) is 13.3 Å². The molecule has 1 unspecified atom stereocenters. The molecular weight excluding hydrogens is 320 g/mol. The lowest BCUT2D eigenvalue weighted by molar-refractivity contribution is -0.155. The second-order valence-corrected chi connectivity index (χ2v) is 6.92. The lowest BCUT2D eigenvalue weighted by Gasteiger charge is -2.42. The van der Waals surface area contributed by atoms with Gasteiger partial charge in [0.15, 0.2) is 0 Å². The molecule has 1 atom stereocenters. The molecule has 2 aliphatic rings. The minimum absolute atomic E-state index is 0.180. The van der Waals surface area contributed by atoms with Crippen molar-refractivity contribution in [1.29, 1.82) is 0 Å². The minimum Gasteiger partial charge on any atom is -0.383 e. The quantitative estimate of drug-likeness (QED) is 0.814. The van der Waals surface area contributed by atoms with Crippen LogP contribution in [0.25, 0.3) is 0 Å².